The van der Waals surface area contributed by atoms with Crippen LogP contribution in [0.2, 0.25) is 0 Å². The number of hydrogen-bond acceptors (Lipinski definition) is 3. The highest BCUT2D eigenvalue weighted by Gasteiger charge is 2.29. The van der Waals surface area contributed by atoms with Gasteiger partial charge >= 0.3 is 0 Å². The van der Waals surface area contributed by atoms with Gasteiger partial charge in [-0.25, -0.2) is 0 Å². The summed E-state index contributed by atoms with van der Waals surface area (Å²) in [6.07, 6.45) is 4.28. The summed E-state index contributed by atoms with van der Waals surface area (Å²) in [6, 6.07) is 0.571. The molecular weight excluding hydrogens is 212 g/mol. The van der Waals surface area contributed by atoms with Crippen LogP contribution in [0.25, 0.3) is 0 Å². The lowest BCUT2D eigenvalue weighted by Crippen LogP contribution is -2.51. The van der Waals surface area contributed by atoms with E-state index in [1.54, 1.807) is 0 Å². The number of nitrogens with zero attached hydrogens (tertiary/aromatic N) is 1. The van der Waals surface area contributed by atoms with Gasteiger partial charge in [0.25, 0.3) is 0 Å². The second-order valence-corrected chi connectivity index (χ2v) is 5.38. The van der Waals surface area contributed by atoms with Crippen LogP contribution >= 0.6 is 0 Å². The third-order valence-corrected chi connectivity index (χ3v) is 3.74. The van der Waals surface area contributed by atoms with Crippen LogP contribution in [-0.2, 0) is 0 Å². The smallest absolute Gasteiger partial charge is 0.0578 e. The van der Waals surface area contributed by atoms with Gasteiger partial charge in [0.15, 0.2) is 0 Å². The summed E-state index contributed by atoms with van der Waals surface area (Å²) in [5.74, 6) is 0.453. The number of aliphatic hydroxyl groups is 1. The third-order valence-electron chi connectivity index (χ3n) is 3.74. The van der Waals surface area contributed by atoms with Crippen molar-refractivity contribution in [1.82, 2.24) is 10.2 Å². The highest BCUT2D eigenvalue weighted by molar-refractivity contribution is 4.86. The molecule has 17 heavy (non-hydrogen) atoms. The molecule has 0 saturated carbocycles. The zero-order valence-electron chi connectivity index (χ0n) is 11.8. The first-order valence-electron chi connectivity index (χ1n) is 7.35. The van der Waals surface area contributed by atoms with E-state index < -0.39 is 0 Å². The van der Waals surface area contributed by atoms with Crippen molar-refractivity contribution in [3.05, 3.63) is 0 Å². The molecule has 1 aliphatic rings. The van der Waals surface area contributed by atoms with E-state index in [-0.39, 0.29) is 6.10 Å². The monoisotopic (exact) mass is 242 g/mol. The van der Waals surface area contributed by atoms with Crippen LogP contribution < -0.4 is 5.32 Å². The van der Waals surface area contributed by atoms with Crippen LogP contribution in [-0.4, -0.2) is 48.3 Å². The second-order valence-electron chi connectivity index (χ2n) is 5.38. The molecule has 3 heteroatoms. The van der Waals surface area contributed by atoms with Crippen LogP contribution in [0.15, 0.2) is 0 Å². The molecule has 1 aliphatic heterocycles. The van der Waals surface area contributed by atoms with Crippen molar-refractivity contribution in [1.29, 1.82) is 0 Å². The molecular formula is C14H30N2O. The summed E-state index contributed by atoms with van der Waals surface area (Å²) in [6.45, 7) is 11.0. The van der Waals surface area contributed by atoms with Crippen molar-refractivity contribution in [2.45, 2.75) is 58.6 Å². The number of nitrogens with one attached hydrogen (secondary N) is 1. The van der Waals surface area contributed by atoms with E-state index in [9.17, 15) is 5.11 Å². The van der Waals surface area contributed by atoms with Crippen molar-refractivity contribution < 1.29 is 5.11 Å². The summed E-state index contributed by atoms with van der Waals surface area (Å²) < 4.78 is 0. The van der Waals surface area contributed by atoms with E-state index in [0.29, 0.717) is 12.0 Å². The van der Waals surface area contributed by atoms with E-state index >= 15 is 0 Å². The standard InChI is InChI=1S/C14H30N2O/c1-4-7-15-13-9-12(14(17)6-3)10-16(11-13)8-5-2/h12-15,17H,4-11H2,1-3H3. The summed E-state index contributed by atoms with van der Waals surface area (Å²) in [5.41, 5.74) is 0. The lowest BCUT2D eigenvalue weighted by Gasteiger charge is -2.40. The SMILES string of the molecule is CCCNC1CC(C(O)CC)CN(CCC)C1. The largest absolute Gasteiger partial charge is 0.393 e. The van der Waals surface area contributed by atoms with Crippen molar-refractivity contribution >= 4 is 0 Å². The minimum atomic E-state index is -0.124. The van der Waals surface area contributed by atoms with Gasteiger partial charge in [-0.3, -0.25) is 0 Å². The fourth-order valence-electron chi connectivity index (χ4n) is 2.84. The molecule has 3 nitrogen and oxygen atoms in total. The van der Waals surface area contributed by atoms with Crippen LogP contribution in [0, 0.1) is 5.92 Å². The van der Waals surface area contributed by atoms with E-state index in [1.807, 2.05) is 0 Å². The molecule has 0 bridgehead atoms. The molecule has 0 radical (unpaired) electrons. The molecule has 2 N–H and O–H groups in total. The maximum Gasteiger partial charge on any atom is 0.0578 e. The first kappa shape index (κ1) is 14.9. The predicted molar refractivity (Wildman–Crippen MR) is 73.2 cm³/mol. The van der Waals surface area contributed by atoms with Crippen molar-refractivity contribution in [2.24, 2.45) is 5.92 Å². The van der Waals surface area contributed by atoms with Gasteiger partial charge in [0, 0.05) is 19.1 Å². The maximum absolute atomic E-state index is 10.1. The summed E-state index contributed by atoms with van der Waals surface area (Å²) in [4.78, 5) is 2.51. The van der Waals surface area contributed by atoms with Gasteiger partial charge in [-0.1, -0.05) is 20.8 Å². The Hall–Kier alpha value is -0.120. The van der Waals surface area contributed by atoms with E-state index in [0.717, 1.165) is 39.0 Å². The van der Waals surface area contributed by atoms with Crippen LogP contribution in [0.4, 0.5) is 0 Å². The van der Waals surface area contributed by atoms with Gasteiger partial charge in [0.05, 0.1) is 6.10 Å². The van der Waals surface area contributed by atoms with Gasteiger partial charge < -0.3 is 15.3 Å². The molecule has 102 valence electrons. The van der Waals surface area contributed by atoms with E-state index in [4.69, 9.17) is 0 Å². The summed E-state index contributed by atoms with van der Waals surface area (Å²) in [5, 5.41) is 13.7. The number of hydrogen-bond donors (Lipinski definition) is 2. The molecule has 3 atom stereocenters. The van der Waals surface area contributed by atoms with E-state index in [2.05, 4.69) is 31.0 Å². The van der Waals surface area contributed by atoms with Gasteiger partial charge in [-0.2, -0.15) is 0 Å². The average Bonchev–Trinajstić information content (AvgIpc) is 2.35. The third kappa shape index (κ3) is 4.94. The summed E-state index contributed by atoms with van der Waals surface area (Å²) >= 11 is 0. The zero-order valence-corrected chi connectivity index (χ0v) is 11.8. The Morgan fingerprint density at radius 2 is 2.00 bits per heavy atom. The average molecular weight is 242 g/mol. The molecule has 1 rings (SSSR count). The van der Waals surface area contributed by atoms with Gasteiger partial charge in [0.1, 0.15) is 0 Å². The quantitative estimate of drug-likeness (QED) is 0.715. The Labute approximate surface area is 107 Å². The molecule has 1 heterocycles. The molecule has 0 aromatic carbocycles. The first-order valence-corrected chi connectivity index (χ1v) is 7.35. The second kappa shape index (κ2) is 8.06. The molecule has 0 spiro atoms. The Morgan fingerprint density at radius 1 is 1.24 bits per heavy atom. The Morgan fingerprint density at radius 3 is 2.59 bits per heavy atom. The predicted octanol–water partition coefficient (Wildman–Crippen LogP) is 1.86. The lowest BCUT2D eigenvalue weighted by molar-refractivity contribution is 0.0357. The molecule has 0 aromatic heterocycles. The van der Waals surface area contributed by atoms with Crippen molar-refractivity contribution in [3.63, 3.8) is 0 Å². The summed E-state index contributed by atoms with van der Waals surface area (Å²) in [7, 11) is 0. The minimum Gasteiger partial charge on any atom is -0.393 e. The maximum atomic E-state index is 10.1. The lowest BCUT2D eigenvalue weighted by atomic mass is 9.88. The highest BCUT2D eigenvalue weighted by Crippen LogP contribution is 2.22. The number of aliphatic hydroxyl groups excluding tert-OH is 1. The Kier molecular flexibility index (Phi) is 7.09. The Balaban J connectivity index is 2.49. The minimum absolute atomic E-state index is 0.124. The number of likely N-dealkylation sites (tertiary alicyclic amines) is 1. The normalized spacial score (nSPS) is 28.2. The van der Waals surface area contributed by atoms with Gasteiger partial charge in [-0.05, 0) is 44.7 Å². The number of rotatable bonds is 7. The topological polar surface area (TPSA) is 35.5 Å². The van der Waals surface area contributed by atoms with Crippen molar-refractivity contribution in [3.8, 4) is 0 Å². The fraction of sp³-hybridized carbons (Fsp3) is 1.00. The van der Waals surface area contributed by atoms with Gasteiger partial charge in [0.2, 0.25) is 0 Å². The molecule has 0 aliphatic carbocycles. The highest BCUT2D eigenvalue weighted by atomic mass is 16.3. The van der Waals surface area contributed by atoms with E-state index in [1.165, 1.54) is 12.8 Å². The molecule has 1 saturated heterocycles. The number of piperidine rings is 1. The van der Waals surface area contributed by atoms with Crippen LogP contribution in [0.1, 0.15) is 46.5 Å². The zero-order chi connectivity index (χ0) is 12.7. The van der Waals surface area contributed by atoms with Crippen molar-refractivity contribution in [2.75, 3.05) is 26.2 Å². The molecule has 0 amide bonds. The molecule has 1 fully saturated rings. The van der Waals surface area contributed by atoms with Crippen LogP contribution in [0.5, 0.6) is 0 Å². The molecule has 3 unspecified atom stereocenters. The molecule has 0 aromatic rings. The fourth-order valence-corrected chi connectivity index (χ4v) is 2.84. The Bertz CT molecular complexity index is 199. The van der Waals surface area contributed by atoms with Gasteiger partial charge in [-0.15, -0.1) is 0 Å². The first-order chi connectivity index (χ1) is 8.21. The van der Waals surface area contributed by atoms with Crippen LogP contribution in [0.3, 0.4) is 0 Å².